The largest absolute Gasteiger partial charge is 0.496 e. The van der Waals surface area contributed by atoms with E-state index in [2.05, 4.69) is 6.07 Å². The summed E-state index contributed by atoms with van der Waals surface area (Å²) in [7, 11) is 1.53. The van der Waals surface area contributed by atoms with E-state index in [0.717, 1.165) is 15.4 Å². The third-order valence-corrected chi connectivity index (χ3v) is 4.55. The summed E-state index contributed by atoms with van der Waals surface area (Å²) in [5.74, 6) is -0.463. The van der Waals surface area contributed by atoms with Crippen LogP contribution in [0.4, 0.5) is 0 Å². The Morgan fingerprint density at radius 3 is 2.57 bits per heavy atom. The van der Waals surface area contributed by atoms with E-state index in [1.165, 1.54) is 18.9 Å². The van der Waals surface area contributed by atoms with Gasteiger partial charge >= 0.3 is 5.97 Å². The van der Waals surface area contributed by atoms with Crippen LogP contribution in [-0.4, -0.2) is 18.2 Å². The van der Waals surface area contributed by atoms with Crippen molar-refractivity contribution in [3.05, 3.63) is 53.6 Å². The fourth-order valence-electron chi connectivity index (χ4n) is 2.18. The third-order valence-electron chi connectivity index (χ3n) is 3.44. The molecule has 5 heteroatoms. The molecular formula is C18H17NO3S. The monoisotopic (exact) mass is 327 g/mol. The van der Waals surface area contributed by atoms with Crippen molar-refractivity contribution in [3.8, 4) is 11.8 Å². The molecule has 0 aromatic heterocycles. The SMILES string of the molecule is COc1cccc(Sc2ccc(C(C)C#N)cc2)c1CC(=O)O. The molecule has 0 spiro atoms. The van der Waals surface area contributed by atoms with E-state index >= 15 is 0 Å². The predicted octanol–water partition coefficient (Wildman–Crippen LogP) is 4.10. The maximum atomic E-state index is 11.1. The van der Waals surface area contributed by atoms with E-state index in [4.69, 9.17) is 15.1 Å². The smallest absolute Gasteiger partial charge is 0.308 e. The molecule has 0 aliphatic rings. The molecule has 0 radical (unpaired) electrons. The van der Waals surface area contributed by atoms with Crippen molar-refractivity contribution in [1.29, 1.82) is 5.26 Å². The second-order valence-corrected chi connectivity index (χ2v) is 6.14. The molecule has 1 N–H and O–H groups in total. The molecule has 0 heterocycles. The maximum absolute atomic E-state index is 11.1. The van der Waals surface area contributed by atoms with Crippen molar-refractivity contribution in [2.24, 2.45) is 0 Å². The summed E-state index contributed by atoms with van der Waals surface area (Å²) >= 11 is 1.49. The van der Waals surface area contributed by atoms with Gasteiger partial charge in [0, 0.05) is 15.4 Å². The van der Waals surface area contributed by atoms with Crippen molar-refractivity contribution >= 4 is 17.7 Å². The molecule has 1 unspecified atom stereocenters. The highest BCUT2D eigenvalue weighted by Crippen LogP contribution is 2.35. The Morgan fingerprint density at radius 1 is 1.30 bits per heavy atom. The Balaban J connectivity index is 2.29. The number of carbonyl (C=O) groups is 1. The van der Waals surface area contributed by atoms with Crippen LogP contribution in [0.2, 0.25) is 0 Å². The molecule has 2 aromatic carbocycles. The lowest BCUT2D eigenvalue weighted by Gasteiger charge is -2.12. The van der Waals surface area contributed by atoms with Gasteiger partial charge in [0.25, 0.3) is 0 Å². The Bertz CT molecular complexity index is 735. The van der Waals surface area contributed by atoms with Gasteiger partial charge in [-0.15, -0.1) is 0 Å². The molecule has 1 atom stereocenters. The molecule has 0 aliphatic heterocycles. The van der Waals surface area contributed by atoms with Crippen molar-refractivity contribution < 1.29 is 14.6 Å². The number of rotatable bonds is 6. The van der Waals surface area contributed by atoms with E-state index in [0.29, 0.717) is 11.3 Å². The predicted molar refractivity (Wildman–Crippen MR) is 88.9 cm³/mol. The number of benzene rings is 2. The second kappa shape index (κ2) is 7.70. The van der Waals surface area contributed by atoms with Crippen molar-refractivity contribution in [2.75, 3.05) is 7.11 Å². The Kier molecular flexibility index (Phi) is 5.67. The number of aliphatic carboxylic acids is 1. The average Bonchev–Trinajstić information content (AvgIpc) is 2.56. The standard InChI is InChI=1S/C18H17NO3S/c1-12(11-19)13-6-8-14(9-7-13)23-17-5-3-4-16(22-2)15(17)10-18(20)21/h3-9,12H,10H2,1-2H3,(H,20,21). The zero-order valence-corrected chi connectivity index (χ0v) is 13.8. The lowest BCUT2D eigenvalue weighted by atomic mass is 10.0. The topological polar surface area (TPSA) is 70.3 Å². The number of hydrogen-bond donors (Lipinski definition) is 1. The Labute approximate surface area is 139 Å². The van der Waals surface area contributed by atoms with Crippen LogP contribution in [0.1, 0.15) is 24.0 Å². The first-order chi connectivity index (χ1) is 11.0. The van der Waals surface area contributed by atoms with Gasteiger partial charge in [-0.1, -0.05) is 30.0 Å². The highest BCUT2D eigenvalue weighted by molar-refractivity contribution is 7.99. The first-order valence-corrected chi connectivity index (χ1v) is 7.92. The van der Waals surface area contributed by atoms with Crippen LogP contribution in [0.5, 0.6) is 5.75 Å². The van der Waals surface area contributed by atoms with Crippen LogP contribution < -0.4 is 4.74 Å². The molecule has 0 fully saturated rings. The molecule has 0 aliphatic carbocycles. The molecular weight excluding hydrogens is 310 g/mol. The van der Waals surface area contributed by atoms with Gasteiger partial charge in [0.15, 0.2) is 0 Å². The fourth-order valence-corrected chi connectivity index (χ4v) is 3.15. The van der Waals surface area contributed by atoms with E-state index in [1.807, 2.05) is 43.3 Å². The summed E-state index contributed by atoms with van der Waals surface area (Å²) in [5, 5.41) is 18.1. The number of ether oxygens (including phenoxy) is 1. The molecule has 0 saturated carbocycles. The van der Waals surface area contributed by atoms with E-state index in [-0.39, 0.29) is 12.3 Å². The highest BCUT2D eigenvalue weighted by Gasteiger charge is 2.14. The molecule has 2 rings (SSSR count). The lowest BCUT2D eigenvalue weighted by Crippen LogP contribution is -2.03. The zero-order valence-electron chi connectivity index (χ0n) is 12.9. The molecule has 2 aromatic rings. The molecule has 118 valence electrons. The quantitative estimate of drug-likeness (QED) is 0.865. The number of carboxylic acid groups (broad SMARTS) is 1. The number of methoxy groups -OCH3 is 1. The van der Waals surface area contributed by atoms with E-state index in [1.54, 1.807) is 6.07 Å². The molecule has 23 heavy (non-hydrogen) atoms. The summed E-state index contributed by atoms with van der Waals surface area (Å²) in [6, 6.07) is 15.4. The van der Waals surface area contributed by atoms with Crippen molar-refractivity contribution in [3.63, 3.8) is 0 Å². The molecule has 0 amide bonds. The van der Waals surface area contributed by atoms with Crippen LogP contribution in [0.15, 0.2) is 52.3 Å². The summed E-state index contributed by atoms with van der Waals surface area (Å²) in [6.45, 7) is 1.86. The first kappa shape index (κ1) is 16.9. The van der Waals surface area contributed by atoms with Crippen molar-refractivity contribution in [2.45, 2.75) is 29.1 Å². The highest BCUT2D eigenvalue weighted by atomic mass is 32.2. The van der Waals surface area contributed by atoms with Gasteiger partial charge in [0.2, 0.25) is 0 Å². The van der Waals surface area contributed by atoms with Gasteiger partial charge in [-0.25, -0.2) is 0 Å². The van der Waals surface area contributed by atoms with Crippen molar-refractivity contribution in [1.82, 2.24) is 0 Å². The Hall–Kier alpha value is -2.45. The van der Waals surface area contributed by atoms with Crippen LogP contribution in [-0.2, 0) is 11.2 Å². The minimum atomic E-state index is -0.894. The average molecular weight is 327 g/mol. The van der Waals surface area contributed by atoms with Gasteiger partial charge in [0.05, 0.1) is 25.5 Å². The summed E-state index contributed by atoms with van der Waals surface area (Å²) < 4.78 is 5.28. The van der Waals surface area contributed by atoms with Gasteiger partial charge in [-0.2, -0.15) is 5.26 Å². The third kappa shape index (κ3) is 4.27. The van der Waals surface area contributed by atoms with Crippen LogP contribution in [0, 0.1) is 11.3 Å². The van der Waals surface area contributed by atoms with Gasteiger partial charge < -0.3 is 9.84 Å². The molecule has 4 nitrogen and oxygen atoms in total. The summed E-state index contributed by atoms with van der Waals surface area (Å²) in [6.07, 6.45) is -0.0874. The minimum Gasteiger partial charge on any atom is -0.496 e. The molecule has 0 saturated heterocycles. The van der Waals surface area contributed by atoms with Crippen LogP contribution in [0.3, 0.4) is 0 Å². The zero-order chi connectivity index (χ0) is 16.8. The van der Waals surface area contributed by atoms with Gasteiger partial charge in [0.1, 0.15) is 5.75 Å². The minimum absolute atomic E-state index is 0.0874. The first-order valence-electron chi connectivity index (χ1n) is 7.10. The number of nitrogens with zero attached hydrogens (tertiary/aromatic N) is 1. The second-order valence-electron chi connectivity index (χ2n) is 5.03. The lowest BCUT2D eigenvalue weighted by molar-refractivity contribution is -0.136. The van der Waals surface area contributed by atoms with Gasteiger partial charge in [-0.3, -0.25) is 4.79 Å². The Morgan fingerprint density at radius 2 is 2.00 bits per heavy atom. The normalized spacial score (nSPS) is 11.5. The number of hydrogen-bond acceptors (Lipinski definition) is 4. The van der Waals surface area contributed by atoms with E-state index < -0.39 is 5.97 Å². The molecule has 0 bridgehead atoms. The summed E-state index contributed by atoms with van der Waals surface area (Å²) in [4.78, 5) is 12.9. The van der Waals surface area contributed by atoms with Gasteiger partial charge in [-0.05, 0) is 36.8 Å². The fraction of sp³-hybridized carbons (Fsp3) is 0.222. The summed E-state index contributed by atoms with van der Waals surface area (Å²) in [5.41, 5.74) is 1.63. The van der Waals surface area contributed by atoms with Crippen LogP contribution in [0.25, 0.3) is 0 Å². The number of nitriles is 1. The van der Waals surface area contributed by atoms with Crippen LogP contribution >= 0.6 is 11.8 Å². The van der Waals surface area contributed by atoms with E-state index in [9.17, 15) is 4.79 Å². The maximum Gasteiger partial charge on any atom is 0.308 e. The number of carboxylic acids is 1.